The maximum atomic E-state index is 6.11. The van der Waals surface area contributed by atoms with E-state index in [1.54, 1.807) is 19.4 Å². The summed E-state index contributed by atoms with van der Waals surface area (Å²) in [5.74, 6) is 3.71. The van der Waals surface area contributed by atoms with Crippen molar-refractivity contribution >= 4 is 29.9 Å². The maximum Gasteiger partial charge on any atom is 0.213 e. The second kappa shape index (κ2) is 11.7. The van der Waals surface area contributed by atoms with E-state index in [-0.39, 0.29) is 35.5 Å². The molecule has 31 heavy (non-hydrogen) atoms. The minimum Gasteiger partial charge on any atom is -0.474 e. The van der Waals surface area contributed by atoms with Gasteiger partial charge in [-0.25, -0.2) is 9.97 Å². The quantitative estimate of drug-likeness (QED) is 0.310. The highest BCUT2D eigenvalue weighted by Crippen LogP contribution is 2.26. The van der Waals surface area contributed by atoms with Crippen LogP contribution in [0.3, 0.4) is 0 Å². The van der Waals surface area contributed by atoms with Crippen molar-refractivity contribution in [3.8, 4) is 5.88 Å². The van der Waals surface area contributed by atoms with Gasteiger partial charge in [0.25, 0.3) is 0 Å². The van der Waals surface area contributed by atoms with E-state index in [4.69, 9.17) is 9.15 Å². The molecule has 7 nitrogen and oxygen atoms in total. The van der Waals surface area contributed by atoms with Gasteiger partial charge in [-0.05, 0) is 43.2 Å². The van der Waals surface area contributed by atoms with Crippen LogP contribution in [-0.2, 0) is 18.5 Å². The normalized spacial score (nSPS) is 19.5. The molecule has 0 spiro atoms. The average molecular weight is 541 g/mol. The summed E-state index contributed by atoms with van der Waals surface area (Å²) >= 11 is 0. The molecule has 2 heterocycles. The average Bonchev–Trinajstić information content (AvgIpc) is 3.20. The summed E-state index contributed by atoms with van der Waals surface area (Å²) in [4.78, 5) is 13.0. The number of hydrogen-bond acceptors (Lipinski definition) is 5. The molecule has 0 unspecified atom stereocenters. The Morgan fingerprint density at radius 2 is 1.87 bits per heavy atom. The molecule has 1 aliphatic rings. The van der Waals surface area contributed by atoms with E-state index < -0.39 is 0 Å². The van der Waals surface area contributed by atoms with Gasteiger partial charge in [-0.2, -0.15) is 0 Å². The summed E-state index contributed by atoms with van der Waals surface area (Å²) in [6.45, 7) is 9.72. The van der Waals surface area contributed by atoms with E-state index in [2.05, 4.69) is 53.3 Å². The first kappa shape index (κ1) is 25.4. The molecule has 1 aliphatic carbocycles. The first-order valence-electron chi connectivity index (χ1n) is 10.8. The third-order valence-corrected chi connectivity index (χ3v) is 5.43. The van der Waals surface area contributed by atoms with Crippen LogP contribution in [0.5, 0.6) is 5.88 Å². The molecule has 0 radical (unpaired) electrons. The molecule has 8 heteroatoms. The van der Waals surface area contributed by atoms with Crippen LogP contribution in [0.1, 0.15) is 70.6 Å². The van der Waals surface area contributed by atoms with Crippen molar-refractivity contribution in [2.75, 3.05) is 7.05 Å². The molecule has 1 fully saturated rings. The fourth-order valence-corrected chi connectivity index (χ4v) is 3.45. The van der Waals surface area contributed by atoms with E-state index in [0.29, 0.717) is 30.8 Å². The number of halogens is 1. The van der Waals surface area contributed by atoms with Crippen molar-refractivity contribution in [2.24, 2.45) is 10.9 Å². The van der Waals surface area contributed by atoms with Gasteiger partial charge in [0, 0.05) is 31.3 Å². The van der Waals surface area contributed by atoms with Crippen molar-refractivity contribution in [3.63, 3.8) is 0 Å². The Morgan fingerprint density at radius 3 is 2.52 bits per heavy atom. The number of aliphatic imine (C=N–C) groups is 1. The van der Waals surface area contributed by atoms with Gasteiger partial charge in [0.2, 0.25) is 11.8 Å². The SMILES string of the molecule is CN=C(NCc1ccnc(OC2CCC(C)CC2)c1)NCc1ncc(C(C)(C)C)o1.I. The molecule has 0 aromatic carbocycles. The third kappa shape index (κ3) is 7.97. The zero-order chi connectivity index (χ0) is 21.6. The summed E-state index contributed by atoms with van der Waals surface area (Å²) in [5, 5.41) is 6.56. The first-order chi connectivity index (χ1) is 14.3. The number of nitrogens with zero attached hydrogens (tertiary/aromatic N) is 3. The summed E-state index contributed by atoms with van der Waals surface area (Å²) in [6, 6.07) is 3.99. The Morgan fingerprint density at radius 1 is 1.16 bits per heavy atom. The first-order valence-corrected chi connectivity index (χ1v) is 10.8. The van der Waals surface area contributed by atoms with Crippen LogP contribution in [0.4, 0.5) is 0 Å². The van der Waals surface area contributed by atoms with Gasteiger partial charge in [0.05, 0.1) is 12.7 Å². The van der Waals surface area contributed by atoms with Gasteiger partial charge in [0.1, 0.15) is 11.9 Å². The van der Waals surface area contributed by atoms with Gasteiger partial charge < -0.3 is 19.8 Å². The second-order valence-electron chi connectivity index (χ2n) is 9.15. The molecule has 0 saturated heterocycles. The van der Waals surface area contributed by atoms with Crippen molar-refractivity contribution < 1.29 is 9.15 Å². The number of pyridine rings is 1. The molecule has 2 aromatic heterocycles. The third-order valence-electron chi connectivity index (χ3n) is 5.43. The summed E-state index contributed by atoms with van der Waals surface area (Å²) in [5.41, 5.74) is 1.04. The smallest absolute Gasteiger partial charge is 0.213 e. The van der Waals surface area contributed by atoms with Crippen LogP contribution in [0, 0.1) is 5.92 Å². The Kier molecular flexibility index (Phi) is 9.58. The number of ether oxygens (including phenoxy) is 1. The number of aromatic nitrogens is 2. The predicted octanol–water partition coefficient (Wildman–Crippen LogP) is 4.81. The summed E-state index contributed by atoms with van der Waals surface area (Å²) in [6.07, 6.45) is 8.56. The topological polar surface area (TPSA) is 84.6 Å². The van der Waals surface area contributed by atoms with Gasteiger partial charge in [-0.3, -0.25) is 4.99 Å². The molecule has 172 valence electrons. The van der Waals surface area contributed by atoms with E-state index in [0.717, 1.165) is 30.1 Å². The molecular weight excluding hydrogens is 505 g/mol. The maximum absolute atomic E-state index is 6.11. The molecule has 2 aromatic rings. The number of hydrogen-bond donors (Lipinski definition) is 2. The molecule has 0 aliphatic heterocycles. The van der Waals surface area contributed by atoms with Crippen molar-refractivity contribution in [2.45, 2.75) is 78.0 Å². The highest BCUT2D eigenvalue weighted by atomic mass is 127. The van der Waals surface area contributed by atoms with Crippen LogP contribution in [0.25, 0.3) is 0 Å². The fraction of sp³-hybridized carbons (Fsp3) is 0.609. The molecule has 0 atom stereocenters. The molecule has 0 amide bonds. The van der Waals surface area contributed by atoms with Crippen LogP contribution in [-0.4, -0.2) is 29.1 Å². The monoisotopic (exact) mass is 541 g/mol. The number of rotatable bonds is 6. The summed E-state index contributed by atoms with van der Waals surface area (Å²) < 4.78 is 11.9. The Hall–Kier alpha value is -1.84. The number of nitrogens with one attached hydrogen (secondary N) is 2. The Labute approximate surface area is 202 Å². The lowest BCUT2D eigenvalue weighted by molar-refractivity contribution is 0.130. The zero-order valence-electron chi connectivity index (χ0n) is 19.3. The number of oxazole rings is 1. The Bertz CT molecular complexity index is 838. The minimum absolute atomic E-state index is 0. The van der Waals surface area contributed by atoms with Crippen LogP contribution >= 0.6 is 24.0 Å². The van der Waals surface area contributed by atoms with Crippen LogP contribution in [0.15, 0.2) is 33.9 Å². The van der Waals surface area contributed by atoms with E-state index in [9.17, 15) is 0 Å². The van der Waals surface area contributed by atoms with Gasteiger partial charge in [0.15, 0.2) is 5.96 Å². The minimum atomic E-state index is -0.0534. The van der Waals surface area contributed by atoms with Gasteiger partial charge in [-0.1, -0.05) is 27.7 Å². The Balaban J connectivity index is 0.00000341. The van der Waals surface area contributed by atoms with Crippen molar-refractivity contribution in [3.05, 3.63) is 41.7 Å². The van der Waals surface area contributed by atoms with Crippen LogP contribution < -0.4 is 15.4 Å². The molecule has 2 N–H and O–H groups in total. The van der Waals surface area contributed by atoms with E-state index in [1.807, 2.05) is 12.1 Å². The van der Waals surface area contributed by atoms with Gasteiger partial charge in [-0.15, -0.1) is 24.0 Å². The predicted molar refractivity (Wildman–Crippen MR) is 134 cm³/mol. The van der Waals surface area contributed by atoms with E-state index >= 15 is 0 Å². The largest absolute Gasteiger partial charge is 0.474 e. The fourth-order valence-electron chi connectivity index (χ4n) is 3.45. The zero-order valence-corrected chi connectivity index (χ0v) is 21.6. The van der Waals surface area contributed by atoms with Gasteiger partial charge >= 0.3 is 0 Å². The standard InChI is InChI=1S/C23H35N5O2.HI/c1-16-6-8-18(9-7-16)29-20-12-17(10-11-25-20)13-27-22(24-5)28-15-21-26-14-19(30-21)23(2,3)4;/h10-12,14,16,18H,6-9,13,15H2,1-5H3,(H2,24,27,28);1H. The molecule has 3 rings (SSSR count). The summed E-state index contributed by atoms with van der Waals surface area (Å²) in [7, 11) is 1.75. The lowest BCUT2D eigenvalue weighted by Crippen LogP contribution is -2.36. The van der Waals surface area contributed by atoms with Crippen molar-refractivity contribution in [1.29, 1.82) is 0 Å². The molecule has 0 bridgehead atoms. The van der Waals surface area contributed by atoms with E-state index in [1.165, 1.54) is 12.8 Å². The van der Waals surface area contributed by atoms with Crippen LogP contribution in [0.2, 0.25) is 0 Å². The highest BCUT2D eigenvalue weighted by Gasteiger charge is 2.20. The molecular formula is C23H36IN5O2. The number of guanidine groups is 1. The lowest BCUT2D eigenvalue weighted by Gasteiger charge is -2.26. The second-order valence-corrected chi connectivity index (χ2v) is 9.15. The lowest BCUT2D eigenvalue weighted by atomic mass is 9.89. The van der Waals surface area contributed by atoms with Crippen molar-refractivity contribution in [1.82, 2.24) is 20.6 Å². The highest BCUT2D eigenvalue weighted by molar-refractivity contribution is 14.0. The molecule has 1 saturated carbocycles.